The van der Waals surface area contributed by atoms with Gasteiger partial charge in [-0.05, 0) is 30.2 Å². The first-order valence-electron chi connectivity index (χ1n) is 5.80. The Labute approximate surface area is 111 Å². The maximum atomic E-state index is 12.2. The summed E-state index contributed by atoms with van der Waals surface area (Å²) in [5.41, 5.74) is 8.55. The number of ketones is 1. The minimum atomic E-state index is -0.0631. The smallest absolute Gasteiger partial charge is 0.193 e. The molecule has 0 spiro atoms. The molecule has 2 nitrogen and oxygen atoms in total. The van der Waals surface area contributed by atoms with Gasteiger partial charge in [-0.1, -0.05) is 42.8 Å². The van der Waals surface area contributed by atoms with Gasteiger partial charge in [0.1, 0.15) is 0 Å². The molecule has 0 atom stereocenters. The summed E-state index contributed by atoms with van der Waals surface area (Å²) in [5, 5.41) is 0.475. The first kappa shape index (κ1) is 12.7. The number of anilines is 1. The first-order chi connectivity index (χ1) is 8.60. The van der Waals surface area contributed by atoms with Gasteiger partial charge >= 0.3 is 0 Å². The molecule has 0 fully saturated rings. The van der Waals surface area contributed by atoms with Gasteiger partial charge in [0.2, 0.25) is 0 Å². The number of halogens is 1. The maximum Gasteiger partial charge on any atom is 0.193 e. The highest BCUT2D eigenvalue weighted by Crippen LogP contribution is 2.19. The Morgan fingerprint density at radius 1 is 1.11 bits per heavy atom. The standard InChI is InChI=1S/C15H14ClNO/c1-2-10-3-5-11(6-4-10)15(18)12-7-13(16)9-14(17)8-12/h3-9H,2,17H2,1H3. The molecule has 0 heterocycles. The van der Waals surface area contributed by atoms with Crippen molar-refractivity contribution < 1.29 is 4.79 Å². The van der Waals surface area contributed by atoms with Crippen molar-refractivity contribution in [2.45, 2.75) is 13.3 Å². The van der Waals surface area contributed by atoms with E-state index in [0.29, 0.717) is 21.8 Å². The van der Waals surface area contributed by atoms with Crippen LogP contribution in [-0.4, -0.2) is 5.78 Å². The lowest BCUT2D eigenvalue weighted by Crippen LogP contribution is -2.02. The molecular weight excluding hydrogens is 246 g/mol. The molecule has 92 valence electrons. The van der Waals surface area contributed by atoms with E-state index in [1.165, 1.54) is 5.56 Å². The third-order valence-corrected chi connectivity index (χ3v) is 3.02. The number of hydrogen-bond acceptors (Lipinski definition) is 2. The number of hydrogen-bond donors (Lipinski definition) is 1. The topological polar surface area (TPSA) is 43.1 Å². The van der Waals surface area contributed by atoms with Gasteiger partial charge in [-0.2, -0.15) is 0 Å². The van der Waals surface area contributed by atoms with Crippen LogP contribution in [0.2, 0.25) is 5.02 Å². The van der Waals surface area contributed by atoms with Gasteiger partial charge in [0.05, 0.1) is 0 Å². The van der Waals surface area contributed by atoms with Crippen LogP contribution in [0.5, 0.6) is 0 Å². The van der Waals surface area contributed by atoms with Crippen LogP contribution in [0, 0.1) is 0 Å². The molecule has 0 aromatic heterocycles. The molecule has 2 N–H and O–H groups in total. The lowest BCUT2D eigenvalue weighted by Gasteiger charge is -2.04. The van der Waals surface area contributed by atoms with E-state index in [4.69, 9.17) is 17.3 Å². The monoisotopic (exact) mass is 259 g/mol. The number of benzene rings is 2. The highest BCUT2D eigenvalue weighted by Gasteiger charge is 2.10. The Hall–Kier alpha value is -1.80. The number of nitrogens with two attached hydrogens (primary N) is 1. The quantitative estimate of drug-likeness (QED) is 0.674. The number of aryl methyl sites for hydroxylation is 1. The predicted octanol–water partition coefficient (Wildman–Crippen LogP) is 3.72. The molecule has 0 radical (unpaired) electrons. The summed E-state index contributed by atoms with van der Waals surface area (Å²) in [6.07, 6.45) is 0.957. The van der Waals surface area contributed by atoms with E-state index >= 15 is 0 Å². The average Bonchev–Trinajstić information content (AvgIpc) is 2.37. The van der Waals surface area contributed by atoms with Gasteiger partial charge in [0.25, 0.3) is 0 Å². The molecule has 0 aliphatic carbocycles. The van der Waals surface area contributed by atoms with Gasteiger partial charge < -0.3 is 5.73 Å². The fourth-order valence-electron chi connectivity index (χ4n) is 1.80. The minimum Gasteiger partial charge on any atom is -0.399 e. The van der Waals surface area contributed by atoms with E-state index in [2.05, 4.69) is 6.92 Å². The Bertz CT molecular complexity index is 555. The molecular formula is C15H14ClNO. The summed E-state index contributed by atoms with van der Waals surface area (Å²) in [5.74, 6) is -0.0631. The summed E-state index contributed by atoms with van der Waals surface area (Å²) in [4.78, 5) is 12.2. The zero-order chi connectivity index (χ0) is 13.1. The fourth-order valence-corrected chi connectivity index (χ4v) is 2.05. The van der Waals surface area contributed by atoms with Crippen LogP contribution in [0.25, 0.3) is 0 Å². The molecule has 3 heteroatoms. The van der Waals surface area contributed by atoms with E-state index in [1.807, 2.05) is 24.3 Å². The molecule has 0 saturated heterocycles. The average molecular weight is 260 g/mol. The van der Waals surface area contributed by atoms with Crippen molar-refractivity contribution in [3.05, 3.63) is 64.2 Å². The van der Waals surface area contributed by atoms with Crippen molar-refractivity contribution in [3.8, 4) is 0 Å². The molecule has 18 heavy (non-hydrogen) atoms. The van der Waals surface area contributed by atoms with Crippen molar-refractivity contribution in [2.75, 3.05) is 5.73 Å². The molecule has 0 amide bonds. The highest BCUT2D eigenvalue weighted by atomic mass is 35.5. The second kappa shape index (κ2) is 5.23. The largest absolute Gasteiger partial charge is 0.399 e. The number of carbonyl (C=O) groups excluding carboxylic acids is 1. The van der Waals surface area contributed by atoms with Gasteiger partial charge in [-0.25, -0.2) is 0 Å². The lowest BCUT2D eigenvalue weighted by molar-refractivity contribution is 0.103. The van der Waals surface area contributed by atoms with Gasteiger partial charge in [0, 0.05) is 21.8 Å². The molecule has 0 unspecified atom stereocenters. The van der Waals surface area contributed by atoms with Crippen LogP contribution in [-0.2, 0) is 6.42 Å². The Kier molecular flexibility index (Phi) is 3.68. The lowest BCUT2D eigenvalue weighted by atomic mass is 10.0. The van der Waals surface area contributed by atoms with Crippen molar-refractivity contribution in [3.63, 3.8) is 0 Å². The molecule has 2 rings (SSSR count). The molecule has 0 aliphatic heterocycles. The summed E-state index contributed by atoms with van der Waals surface area (Å²) in [7, 11) is 0. The third-order valence-electron chi connectivity index (χ3n) is 2.81. The normalized spacial score (nSPS) is 10.3. The summed E-state index contributed by atoms with van der Waals surface area (Å²) >= 11 is 5.90. The van der Waals surface area contributed by atoms with Gasteiger partial charge in [-0.15, -0.1) is 0 Å². The summed E-state index contributed by atoms with van der Waals surface area (Å²) in [6, 6.07) is 12.5. The molecule has 0 aliphatic rings. The Morgan fingerprint density at radius 2 is 1.78 bits per heavy atom. The summed E-state index contributed by atoms with van der Waals surface area (Å²) in [6.45, 7) is 2.08. The SMILES string of the molecule is CCc1ccc(C(=O)c2cc(N)cc(Cl)c2)cc1. The summed E-state index contributed by atoms with van der Waals surface area (Å²) < 4.78 is 0. The minimum absolute atomic E-state index is 0.0631. The molecule has 2 aromatic rings. The number of rotatable bonds is 3. The number of carbonyl (C=O) groups is 1. The van der Waals surface area contributed by atoms with Crippen molar-refractivity contribution in [1.29, 1.82) is 0 Å². The van der Waals surface area contributed by atoms with Crippen LogP contribution in [0.1, 0.15) is 28.4 Å². The van der Waals surface area contributed by atoms with Crippen LogP contribution < -0.4 is 5.73 Å². The number of nitrogen functional groups attached to an aromatic ring is 1. The van der Waals surface area contributed by atoms with Gasteiger partial charge in [0.15, 0.2) is 5.78 Å². The second-order valence-corrected chi connectivity index (χ2v) is 4.59. The van der Waals surface area contributed by atoms with Crippen LogP contribution in [0.3, 0.4) is 0 Å². The van der Waals surface area contributed by atoms with E-state index in [9.17, 15) is 4.79 Å². The molecule has 0 bridgehead atoms. The Morgan fingerprint density at radius 3 is 2.33 bits per heavy atom. The van der Waals surface area contributed by atoms with Crippen LogP contribution in [0.15, 0.2) is 42.5 Å². The Balaban J connectivity index is 2.34. The van der Waals surface area contributed by atoms with Crippen LogP contribution >= 0.6 is 11.6 Å². The zero-order valence-electron chi connectivity index (χ0n) is 10.1. The third kappa shape index (κ3) is 2.71. The van der Waals surface area contributed by atoms with E-state index in [0.717, 1.165) is 6.42 Å². The maximum absolute atomic E-state index is 12.2. The second-order valence-electron chi connectivity index (χ2n) is 4.15. The molecule has 2 aromatic carbocycles. The van der Waals surface area contributed by atoms with Gasteiger partial charge in [-0.3, -0.25) is 4.79 Å². The van der Waals surface area contributed by atoms with Crippen molar-refractivity contribution >= 4 is 23.1 Å². The zero-order valence-corrected chi connectivity index (χ0v) is 10.9. The van der Waals surface area contributed by atoms with E-state index in [1.54, 1.807) is 18.2 Å². The van der Waals surface area contributed by atoms with Crippen molar-refractivity contribution in [2.24, 2.45) is 0 Å². The van der Waals surface area contributed by atoms with Crippen molar-refractivity contribution in [1.82, 2.24) is 0 Å². The molecule has 0 saturated carbocycles. The van der Waals surface area contributed by atoms with E-state index in [-0.39, 0.29) is 5.78 Å². The van der Waals surface area contributed by atoms with Crippen LogP contribution in [0.4, 0.5) is 5.69 Å². The highest BCUT2D eigenvalue weighted by molar-refractivity contribution is 6.31. The fraction of sp³-hybridized carbons (Fsp3) is 0.133. The van der Waals surface area contributed by atoms with E-state index < -0.39 is 0 Å². The first-order valence-corrected chi connectivity index (χ1v) is 6.17. The predicted molar refractivity (Wildman–Crippen MR) is 75.1 cm³/mol.